The topological polar surface area (TPSA) is 141 Å². The highest BCUT2D eigenvalue weighted by Crippen LogP contribution is 2.18. The van der Waals surface area contributed by atoms with Crippen molar-refractivity contribution < 1.29 is 32.7 Å². The summed E-state index contributed by atoms with van der Waals surface area (Å²) in [5.74, 6) is -0.762. The van der Waals surface area contributed by atoms with Crippen LogP contribution < -0.4 is 5.32 Å². The molecule has 1 aromatic heterocycles. The Balaban J connectivity index is 2.32. The Labute approximate surface area is 176 Å². The molecule has 1 aromatic carbocycles. The molecule has 0 aliphatic heterocycles. The first-order chi connectivity index (χ1) is 14.2. The minimum Gasteiger partial charge on any atom is -0.395 e. The Morgan fingerprint density at radius 3 is 2.57 bits per heavy atom. The van der Waals surface area contributed by atoms with Crippen molar-refractivity contribution in [2.45, 2.75) is 17.9 Å². The van der Waals surface area contributed by atoms with Gasteiger partial charge < -0.3 is 15.1 Å². The van der Waals surface area contributed by atoms with Gasteiger partial charge in [0.1, 0.15) is 6.10 Å². The minimum atomic E-state index is -3.82. The second kappa shape index (κ2) is 10.5. The average Bonchev–Trinajstić information content (AvgIpc) is 3.12. The van der Waals surface area contributed by atoms with Crippen LogP contribution in [-0.4, -0.2) is 72.4 Å². The molecule has 10 nitrogen and oxygen atoms in total. The number of anilines is 1. The van der Waals surface area contributed by atoms with Crippen LogP contribution in [0, 0.1) is 5.13 Å². The highest BCUT2D eigenvalue weighted by atomic mass is 32.2. The Morgan fingerprint density at radius 1 is 1.37 bits per heavy atom. The lowest BCUT2D eigenvalue weighted by Crippen LogP contribution is -2.29. The summed E-state index contributed by atoms with van der Waals surface area (Å²) < 4.78 is 39.0. The molecule has 30 heavy (non-hydrogen) atoms. The predicted molar refractivity (Wildman–Crippen MR) is 108 cm³/mol. The normalized spacial score (nSPS) is 13.3. The number of carbonyl (C=O) groups is 1. The second-order valence-electron chi connectivity index (χ2n) is 6.04. The van der Waals surface area contributed by atoms with Crippen molar-refractivity contribution in [2.24, 2.45) is 5.16 Å². The van der Waals surface area contributed by atoms with Crippen molar-refractivity contribution in [3.63, 3.8) is 0 Å². The molecule has 1 heterocycles. The van der Waals surface area contributed by atoms with Crippen LogP contribution in [0.3, 0.4) is 0 Å². The molecule has 0 spiro atoms. The fourth-order valence-electron chi connectivity index (χ4n) is 2.10. The van der Waals surface area contributed by atoms with Crippen LogP contribution in [0.15, 0.2) is 40.5 Å². The first kappa shape index (κ1) is 23.8. The molecule has 0 saturated heterocycles. The maximum absolute atomic E-state index is 13.1. The van der Waals surface area contributed by atoms with Gasteiger partial charge in [0.25, 0.3) is 5.91 Å². The molecule has 0 unspecified atom stereocenters. The number of thiazole rings is 1. The van der Waals surface area contributed by atoms with E-state index in [1.807, 2.05) is 0 Å². The van der Waals surface area contributed by atoms with Gasteiger partial charge in [0.05, 0.1) is 24.3 Å². The van der Waals surface area contributed by atoms with Gasteiger partial charge in [0.2, 0.25) is 10.0 Å². The number of nitrogens with zero attached hydrogens (tertiary/aromatic N) is 3. The SMILES string of the molecule is C[C@H](CO)ON=C(C(=O)Nc1ncc(F)s1)c1ccc(S(=O)(=O)N(C)CCO)cc1. The highest BCUT2D eigenvalue weighted by Gasteiger charge is 2.22. The van der Waals surface area contributed by atoms with Gasteiger partial charge in [-0.05, 0) is 19.1 Å². The molecule has 0 bridgehead atoms. The standard InChI is InChI=1S/C17H21FN4O6S2/c1-11(10-24)28-21-15(16(25)20-17-19-9-14(18)29-17)12-3-5-13(6-4-12)30(26,27)22(2)7-8-23/h3-6,9,11,23-24H,7-8,10H2,1-2H3,(H,19,20,25)/t11-/m1/s1. The van der Waals surface area contributed by atoms with E-state index in [0.29, 0.717) is 11.3 Å². The Kier molecular flexibility index (Phi) is 8.37. The molecule has 0 aliphatic carbocycles. The first-order valence-corrected chi connectivity index (χ1v) is 10.9. The van der Waals surface area contributed by atoms with E-state index < -0.39 is 27.2 Å². The largest absolute Gasteiger partial charge is 0.395 e. The van der Waals surface area contributed by atoms with Crippen LogP contribution in [0.4, 0.5) is 9.52 Å². The van der Waals surface area contributed by atoms with E-state index >= 15 is 0 Å². The number of oxime groups is 1. The monoisotopic (exact) mass is 460 g/mol. The van der Waals surface area contributed by atoms with Crippen molar-refractivity contribution in [3.05, 3.63) is 41.2 Å². The molecule has 13 heteroatoms. The quantitative estimate of drug-likeness (QED) is 0.349. The number of aliphatic hydroxyl groups is 2. The van der Waals surface area contributed by atoms with Crippen LogP contribution in [0.5, 0.6) is 0 Å². The summed E-state index contributed by atoms with van der Waals surface area (Å²) in [4.78, 5) is 21.3. The molecule has 0 radical (unpaired) electrons. The molecule has 2 aromatic rings. The molecule has 2 rings (SSSR count). The summed E-state index contributed by atoms with van der Waals surface area (Å²) in [7, 11) is -2.49. The van der Waals surface area contributed by atoms with Crippen LogP contribution >= 0.6 is 11.3 Å². The van der Waals surface area contributed by atoms with Crippen LogP contribution in [0.1, 0.15) is 12.5 Å². The summed E-state index contributed by atoms with van der Waals surface area (Å²) in [6, 6.07) is 5.26. The summed E-state index contributed by atoms with van der Waals surface area (Å²) in [6.07, 6.45) is 0.251. The van der Waals surface area contributed by atoms with Gasteiger partial charge in [-0.15, -0.1) is 0 Å². The Bertz CT molecular complexity index is 994. The number of aromatic nitrogens is 1. The molecular formula is C17H21FN4O6S2. The van der Waals surface area contributed by atoms with E-state index in [9.17, 15) is 17.6 Å². The Morgan fingerprint density at radius 2 is 2.03 bits per heavy atom. The van der Waals surface area contributed by atoms with Gasteiger partial charge in [-0.2, -0.15) is 8.70 Å². The van der Waals surface area contributed by atoms with Gasteiger partial charge >= 0.3 is 0 Å². The number of rotatable bonds is 10. The number of halogens is 1. The average molecular weight is 461 g/mol. The summed E-state index contributed by atoms with van der Waals surface area (Å²) in [5, 5.41) is 23.6. The van der Waals surface area contributed by atoms with Crippen molar-refractivity contribution in [2.75, 3.05) is 32.1 Å². The lowest BCUT2D eigenvalue weighted by Gasteiger charge is -2.16. The third kappa shape index (κ3) is 6.03. The summed E-state index contributed by atoms with van der Waals surface area (Å²) in [5.41, 5.74) is -0.00278. The number of carbonyl (C=O) groups excluding carboxylic acids is 1. The van der Waals surface area contributed by atoms with E-state index in [1.165, 1.54) is 38.2 Å². The van der Waals surface area contributed by atoms with Crippen molar-refractivity contribution in [1.29, 1.82) is 0 Å². The molecule has 1 amide bonds. The number of nitrogens with one attached hydrogen (secondary N) is 1. The van der Waals surface area contributed by atoms with Crippen molar-refractivity contribution >= 4 is 38.1 Å². The number of amides is 1. The maximum Gasteiger partial charge on any atom is 0.280 e. The summed E-state index contributed by atoms with van der Waals surface area (Å²) in [6.45, 7) is 0.783. The van der Waals surface area contributed by atoms with E-state index in [4.69, 9.17) is 15.1 Å². The molecule has 0 saturated carbocycles. The van der Waals surface area contributed by atoms with E-state index in [2.05, 4.69) is 15.5 Å². The van der Waals surface area contributed by atoms with Crippen LogP contribution in [0.2, 0.25) is 0 Å². The van der Waals surface area contributed by atoms with Gasteiger partial charge in [0.15, 0.2) is 16.0 Å². The lowest BCUT2D eigenvalue weighted by atomic mass is 10.1. The third-order valence-electron chi connectivity index (χ3n) is 3.74. The molecule has 3 N–H and O–H groups in total. The fourth-order valence-corrected chi connectivity index (χ4v) is 3.80. The molecule has 1 atom stereocenters. The predicted octanol–water partition coefficient (Wildman–Crippen LogP) is 0.635. The smallest absolute Gasteiger partial charge is 0.280 e. The second-order valence-corrected chi connectivity index (χ2v) is 9.06. The zero-order valence-electron chi connectivity index (χ0n) is 16.1. The third-order valence-corrected chi connectivity index (χ3v) is 6.32. The van der Waals surface area contributed by atoms with Gasteiger partial charge in [-0.1, -0.05) is 28.6 Å². The van der Waals surface area contributed by atoms with Gasteiger partial charge in [-0.25, -0.2) is 13.4 Å². The zero-order valence-corrected chi connectivity index (χ0v) is 17.8. The fraction of sp³-hybridized carbons (Fsp3) is 0.353. The van der Waals surface area contributed by atoms with Crippen LogP contribution in [0.25, 0.3) is 0 Å². The molecule has 164 valence electrons. The van der Waals surface area contributed by atoms with Crippen molar-refractivity contribution in [3.8, 4) is 0 Å². The lowest BCUT2D eigenvalue weighted by molar-refractivity contribution is -0.110. The first-order valence-electron chi connectivity index (χ1n) is 8.64. The van der Waals surface area contributed by atoms with E-state index in [1.54, 1.807) is 0 Å². The van der Waals surface area contributed by atoms with Gasteiger partial charge in [-0.3, -0.25) is 10.1 Å². The van der Waals surface area contributed by atoms with Gasteiger partial charge in [0, 0.05) is 19.2 Å². The maximum atomic E-state index is 13.1. The van der Waals surface area contributed by atoms with Crippen molar-refractivity contribution in [1.82, 2.24) is 9.29 Å². The number of sulfonamides is 1. The Hall–Kier alpha value is -2.45. The molecule has 0 aliphatic rings. The number of hydrogen-bond acceptors (Lipinski definition) is 9. The number of hydrogen-bond donors (Lipinski definition) is 3. The number of aliphatic hydroxyl groups excluding tert-OH is 2. The van der Waals surface area contributed by atoms with E-state index in [-0.39, 0.29) is 41.1 Å². The number of benzene rings is 1. The molecular weight excluding hydrogens is 439 g/mol. The number of likely N-dealkylation sites (N-methyl/N-ethyl adjacent to an activating group) is 1. The molecule has 0 fully saturated rings. The zero-order chi connectivity index (χ0) is 22.3. The minimum absolute atomic E-state index is 0.00485. The van der Waals surface area contributed by atoms with Crippen LogP contribution in [-0.2, 0) is 19.7 Å². The highest BCUT2D eigenvalue weighted by molar-refractivity contribution is 7.89. The summed E-state index contributed by atoms with van der Waals surface area (Å²) >= 11 is 0.620. The van der Waals surface area contributed by atoms with E-state index in [0.717, 1.165) is 10.5 Å².